The van der Waals surface area contributed by atoms with Crippen LogP contribution in [0.2, 0.25) is 0 Å². The Kier molecular flexibility index (Phi) is 1.97. The minimum atomic E-state index is 0.454. The topological polar surface area (TPSA) is 17.1 Å². The van der Waals surface area contributed by atoms with Crippen LogP contribution < -0.4 is 0 Å². The summed E-state index contributed by atoms with van der Waals surface area (Å²) in [5.41, 5.74) is 0.454. The van der Waals surface area contributed by atoms with E-state index in [0.29, 0.717) is 11.2 Å². The van der Waals surface area contributed by atoms with Crippen LogP contribution in [0.1, 0.15) is 51.9 Å². The van der Waals surface area contributed by atoms with E-state index in [0.717, 1.165) is 25.2 Å². The molecular weight excluding hydrogens is 148 g/mol. The molecule has 1 nitrogen and oxygen atoms in total. The number of carbonyl (C=O) groups is 1. The first-order valence-corrected chi connectivity index (χ1v) is 5.25. The quantitative estimate of drug-likeness (QED) is 0.540. The normalized spacial score (nSPS) is 42.4. The minimum absolute atomic E-state index is 0.454. The fraction of sp³-hybridized carbons (Fsp3) is 0.909. The predicted octanol–water partition coefficient (Wildman–Crippen LogP) is 2.94. The number of Topliss-reactive ketones (excluding diaryl/α,β-unsaturated/α-hetero) is 1. The van der Waals surface area contributed by atoms with Crippen molar-refractivity contribution in [2.45, 2.75) is 51.9 Å². The molecule has 2 aliphatic rings. The first-order chi connectivity index (χ1) is 5.73. The van der Waals surface area contributed by atoms with Gasteiger partial charge in [0.1, 0.15) is 5.78 Å². The van der Waals surface area contributed by atoms with Gasteiger partial charge in [-0.15, -0.1) is 0 Å². The number of rotatable bonds is 0. The summed E-state index contributed by atoms with van der Waals surface area (Å²) in [6, 6.07) is 0. The fourth-order valence-corrected chi connectivity index (χ4v) is 3.15. The van der Waals surface area contributed by atoms with E-state index in [1.54, 1.807) is 0 Å². The van der Waals surface area contributed by atoms with E-state index < -0.39 is 0 Å². The van der Waals surface area contributed by atoms with Crippen molar-refractivity contribution in [3.05, 3.63) is 0 Å². The number of ketones is 1. The molecule has 1 spiro atoms. The first-order valence-electron chi connectivity index (χ1n) is 5.25. The lowest BCUT2D eigenvalue weighted by Crippen LogP contribution is -2.30. The van der Waals surface area contributed by atoms with Crippen LogP contribution in [0.4, 0.5) is 0 Å². The van der Waals surface area contributed by atoms with Gasteiger partial charge in [0.25, 0.3) is 0 Å². The zero-order valence-electron chi connectivity index (χ0n) is 7.94. The summed E-state index contributed by atoms with van der Waals surface area (Å²) in [6.07, 6.45) is 8.26. The van der Waals surface area contributed by atoms with Gasteiger partial charge in [-0.1, -0.05) is 19.8 Å². The smallest absolute Gasteiger partial charge is 0.133 e. The average molecular weight is 166 g/mol. The van der Waals surface area contributed by atoms with Gasteiger partial charge in [0.15, 0.2) is 0 Å². The van der Waals surface area contributed by atoms with Crippen LogP contribution in [-0.2, 0) is 4.79 Å². The Labute approximate surface area is 74.5 Å². The summed E-state index contributed by atoms with van der Waals surface area (Å²) in [6.45, 7) is 2.34. The maximum Gasteiger partial charge on any atom is 0.133 e. The zero-order chi connectivity index (χ0) is 8.60. The molecule has 2 atom stereocenters. The lowest BCUT2D eigenvalue weighted by atomic mass is 9.68. The van der Waals surface area contributed by atoms with Crippen LogP contribution >= 0.6 is 0 Å². The van der Waals surface area contributed by atoms with Gasteiger partial charge in [-0.25, -0.2) is 0 Å². The largest absolute Gasteiger partial charge is 0.300 e. The summed E-state index contributed by atoms with van der Waals surface area (Å²) >= 11 is 0. The molecule has 0 saturated heterocycles. The fourth-order valence-electron chi connectivity index (χ4n) is 3.15. The Bertz CT molecular complexity index is 197. The van der Waals surface area contributed by atoms with Crippen molar-refractivity contribution in [2.24, 2.45) is 11.3 Å². The van der Waals surface area contributed by atoms with Gasteiger partial charge in [-0.3, -0.25) is 4.79 Å². The molecule has 0 N–H and O–H groups in total. The molecule has 0 aromatic carbocycles. The molecule has 0 aromatic rings. The standard InChI is InChI=1S/C11H18O/c1-9-4-2-6-11(9)7-3-5-10(12)8-11/h9H,2-8H2,1H3/t9-,11-/m0/s1. The SMILES string of the molecule is C[C@H]1CCC[C@@]12CCCC(=O)C2. The van der Waals surface area contributed by atoms with Gasteiger partial charge >= 0.3 is 0 Å². The molecule has 0 radical (unpaired) electrons. The maximum absolute atomic E-state index is 11.4. The molecule has 0 bridgehead atoms. The number of hydrogen-bond donors (Lipinski definition) is 0. The summed E-state index contributed by atoms with van der Waals surface area (Å²) in [5.74, 6) is 1.33. The van der Waals surface area contributed by atoms with E-state index in [1.807, 2.05) is 0 Å². The molecule has 0 amide bonds. The van der Waals surface area contributed by atoms with Gasteiger partial charge in [-0.05, 0) is 30.6 Å². The Hall–Kier alpha value is -0.330. The Morgan fingerprint density at radius 2 is 2.08 bits per heavy atom. The van der Waals surface area contributed by atoms with Crippen molar-refractivity contribution >= 4 is 5.78 Å². The van der Waals surface area contributed by atoms with Crippen LogP contribution in [-0.4, -0.2) is 5.78 Å². The highest BCUT2D eigenvalue weighted by Gasteiger charge is 2.42. The molecule has 0 unspecified atom stereocenters. The van der Waals surface area contributed by atoms with Crippen molar-refractivity contribution in [1.29, 1.82) is 0 Å². The van der Waals surface area contributed by atoms with Gasteiger partial charge in [0.05, 0.1) is 0 Å². The second-order valence-electron chi connectivity index (χ2n) is 4.72. The van der Waals surface area contributed by atoms with Crippen LogP contribution in [0.25, 0.3) is 0 Å². The second-order valence-corrected chi connectivity index (χ2v) is 4.72. The third-order valence-electron chi connectivity index (χ3n) is 4.04. The van der Waals surface area contributed by atoms with Crippen molar-refractivity contribution in [1.82, 2.24) is 0 Å². The van der Waals surface area contributed by atoms with E-state index in [1.165, 1.54) is 25.7 Å². The lowest BCUT2D eigenvalue weighted by molar-refractivity contribution is -0.124. The molecule has 0 heterocycles. The molecule has 2 rings (SSSR count). The summed E-state index contributed by atoms with van der Waals surface area (Å²) in [5, 5.41) is 0. The van der Waals surface area contributed by atoms with Crippen LogP contribution in [0.15, 0.2) is 0 Å². The van der Waals surface area contributed by atoms with E-state index in [-0.39, 0.29) is 0 Å². The Morgan fingerprint density at radius 1 is 1.33 bits per heavy atom. The van der Waals surface area contributed by atoms with Gasteiger partial charge < -0.3 is 0 Å². The third kappa shape index (κ3) is 1.19. The Morgan fingerprint density at radius 3 is 2.67 bits per heavy atom. The van der Waals surface area contributed by atoms with Crippen LogP contribution in [0.3, 0.4) is 0 Å². The maximum atomic E-state index is 11.4. The van der Waals surface area contributed by atoms with Crippen molar-refractivity contribution in [3.63, 3.8) is 0 Å². The van der Waals surface area contributed by atoms with E-state index in [2.05, 4.69) is 6.92 Å². The third-order valence-corrected chi connectivity index (χ3v) is 4.04. The molecule has 1 heteroatoms. The van der Waals surface area contributed by atoms with E-state index >= 15 is 0 Å². The average Bonchev–Trinajstić information content (AvgIpc) is 2.33. The molecule has 2 fully saturated rings. The molecule has 0 aromatic heterocycles. The first kappa shape index (κ1) is 8.28. The highest BCUT2D eigenvalue weighted by Crippen LogP contribution is 2.51. The highest BCUT2D eigenvalue weighted by molar-refractivity contribution is 5.80. The number of carbonyl (C=O) groups excluding carboxylic acids is 1. The van der Waals surface area contributed by atoms with E-state index in [4.69, 9.17) is 0 Å². The second kappa shape index (κ2) is 2.86. The molecular formula is C11H18O. The monoisotopic (exact) mass is 166 g/mol. The molecule has 12 heavy (non-hydrogen) atoms. The lowest BCUT2D eigenvalue weighted by Gasteiger charge is -2.36. The zero-order valence-corrected chi connectivity index (χ0v) is 7.94. The van der Waals surface area contributed by atoms with Gasteiger partial charge in [-0.2, -0.15) is 0 Å². The van der Waals surface area contributed by atoms with Crippen LogP contribution in [0.5, 0.6) is 0 Å². The van der Waals surface area contributed by atoms with Crippen molar-refractivity contribution in [3.8, 4) is 0 Å². The summed E-state index contributed by atoms with van der Waals surface area (Å²) in [4.78, 5) is 11.4. The molecule has 68 valence electrons. The molecule has 0 aliphatic heterocycles. The van der Waals surface area contributed by atoms with E-state index in [9.17, 15) is 4.79 Å². The van der Waals surface area contributed by atoms with Crippen LogP contribution in [0, 0.1) is 11.3 Å². The van der Waals surface area contributed by atoms with Crippen molar-refractivity contribution < 1.29 is 4.79 Å². The van der Waals surface area contributed by atoms with Crippen molar-refractivity contribution in [2.75, 3.05) is 0 Å². The summed E-state index contributed by atoms with van der Waals surface area (Å²) in [7, 11) is 0. The van der Waals surface area contributed by atoms with Gasteiger partial charge in [0.2, 0.25) is 0 Å². The minimum Gasteiger partial charge on any atom is -0.300 e. The van der Waals surface area contributed by atoms with Gasteiger partial charge in [0, 0.05) is 12.8 Å². The Balaban J connectivity index is 2.13. The number of hydrogen-bond acceptors (Lipinski definition) is 1. The summed E-state index contributed by atoms with van der Waals surface area (Å²) < 4.78 is 0. The molecule has 2 saturated carbocycles. The highest BCUT2D eigenvalue weighted by atomic mass is 16.1. The molecule has 2 aliphatic carbocycles. The predicted molar refractivity (Wildman–Crippen MR) is 48.9 cm³/mol.